The first kappa shape index (κ1) is 15.3. The maximum Gasteiger partial charge on any atom is 0.420 e. The first-order valence-electron chi connectivity index (χ1n) is 7.40. The van der Waals surface area contributed by atoms with Crippen molar-refractivity contribution < 1.29 is 27.8 Å². The largest absolute Gasteiger partial charge is 0.477 e. The second-order valence-corrected chi connectivity index (χ2v) is 5.86. The molecule has 2 aliphatic rings. The number of carbonyl (C=O) groups is 1. The lowest BCUT2D eigenvalue weighted by Gasteiger charge is -2.22. The predicted molar refractivity (Wildman–Crippen MR) is 69.8 cm³/mol. The maximum absolute atomic E-state index is 13.3. The zero-order valence-corrected chi connectivity index (χ0v) is 11.9. The number of aromatic nitrogens is 2. The number of nitrogens with zero attached hydrogens (tertiary/aromatic N) is 2. The first-order valence-corrected chi connectivity index (χ1v) is 7.40. The molecule has 1 atom stereocenters. The van der Waals surface area contributed by atoms with Crippen molar-refractivity contribution in [2.24, 2.45) is 0 Å². The zero-order chi connectivity index (χ0) is 15.9. The molecule has 8 heteroatoms. The number of aromatic carboxylic acids is 1. The minimum atomic E-state index is -4.71. The molecule has 1 aliphatic carbocycles. The van der Waals surface area contributed by atoms with E-state index in [9.17, 15) is 23.1 Å². The molecule has 122 valence electrons. The van der Waals surface area contributed by atoms with E-state index in [4.69, 9.17) is 4.74 Å². The van der Waals surface area contributed by atoms with Gasteiger partial charge in [-0.05, 0) is 32.1 Å². The highest BCUT2D eigenvalue weighted by molar-refractivity contribution is 5.88. The summed E-state index contributed by atoms with van der Waals surface area (Å²) in [6.07, 6.45) is -1.19. The molecule has 1 aromatic heterocycles. The van der Waals surface area contributed by atoms with E-state index in [0.29, 0.717) is 25.9 Å². The van der Waals surface area contributed by atoms with Crippen LogP contribution in [0.25, 0.3) is 0 Å². The van der Waals surface area contributed by atoms with Crippen LogP contribution in [-0.4, -0.2) is 33.6 Å². The van der Waals surface area contributed by atoms with Crippen LogP contribution in [0.15, 0.2) is 0 Å². The van der Waals surface area contributed by atoms with Gasteiger partial charge in [-0.1, -0.05) is 0 Å². The summed E-state index contributed by atoms with van der Waals surface area (Å²) < 4.78 is 46.4. The van der Waals surface area contributed by atoms with Gasteiger partial charge < -0.3 is 9.84 Å². The van der Waals surface area contributed by atoms with Crippen LogP contribution in [-0.2, 0) is 17.5 Å². The summed E-state index contributed by atoms with van der Waals surface area (Å²) in [5.74, 6) is -1.87. The van der Waals surface area contributed by atoms with Crippen molar-refractivity contribution in [1.82, 2.24) is 9.78 Å². The molecule has 1 saturated heterocycles. The second-order valence-electron chi connectivity index (χ2n) is 5.86. The molecule has 0 radical (unpaired) electrons. The van der Waals surface area contributed by atoms with E-state index in [1.807, 2.05) is 0 Å². The standard InChI is InChI=1S/C14H17F3N2O3/c15-14(16,17)10-11(8-4-5-8)18-19(12(10)13(20)21)7-9-3-1-2-6-22-9/h8-9H,1-7H2,(H,20,21). The summed E-state index contributed by atoms with van der Waals surface area (Å²) in [5, 5.41) is 13.2. The molecule has 0 aromatic carbocycles. The van der Waals surface area contributed by atoms with Crippen molar-refractivity contribution in [3.05, 3.63) is 17.0 Å². The Labute approximate surface area is 125 Å². The summed E-state index contributed by atoms with van der Waals surface area (Å²) in [4.78, 5) is 11.4. The molecular weight excluding hydrogens is 301 g/mol. The van der Waals surface area contributed by atoms with Crippen LogP contribution in [0.5, 0.6) is 0 Å². The molecule has 1 aliphatic heterocycles. The number of hydrogen-bond acceptors (Lipinski definition) is 3. The molecule has 2 fully saturated rings. The molecule has 1 saturated carbocycles. The summed E-state index contributed by atoms with van der Waals surface area (Å²) in [5.41, 5.74) is -1.97. The lowest BCUT2D eigenvalue weighted by atomic mass is 10.1. The normalized spacial score (nSPS) is 22.8. The van der Waals surface area contributed by atoms with Gasteiger partial charge in [0.25, 0.3) is 0 Å². The third-order valence-corrected chi connectivity index (χ3v) is 4.08. The van der Waals surface area contributed by atoms with E-state index in [1.54, 1.807) is 0 Å². The monoisotopic (exact) mass is 318 g/mol. The third kappa shape index (κ3) is 2.97. The molecule has 1 unspecified atom stereocenters. The van der Waals surface area contributed by atoms with Gasteiger partial charge >= 0.3 is 12.1 Å². The molecule has 3 rings (SSSR count). The number of rotatable bonds is 4. The van der Waals surface area contributed by atoms with Crippen molar-refractivity contribution >= 4 is 5.97 Å². The fourth-order valence-corrected chi connectivity index (χ4v) is 2.90. The van der Waals surface area contributed by atoms with Crippen molar-refractivity contribution in [1.29, 1.82) is 0 Å². The second kappa shape index (κ2) is 5.57. The smallest absolute Gasteiger partial charge is 0.420 e. The van der Waals surface area contributed by atoms with Crippen LogP contribution >= 0.6 is 0 Å². The Morgan fingerprint density at radius 1 is 1.32 bits per heavy atom. The van der Waals surface area contributed by atoms with E-state index in [-0.39, 0.29) is 24.3 Å². The Bertz CT molecular complexity index is 573. The molecule has 0 amide bonds. The van der Waals surface area contributed by atoms with Gasteiger partial charge in [0, 0.05) is 12.5 Å². The lowest BCUT2D eigenvalue weighted by Crippen LogP contribution is -2.27. The summed E-state index contributed by atoms with van der Waals surface area (Å²) in [7, 11) is 0. The fourth-order valence-electron chi connectivity index (χ4n) is 2.90. The fraction of sp³-hybridized carbons (Fsp3) is 0.714. The summed E-state index contributed by atoms with van der Waals surface area (Å²) in [6.45, 7) is 0.605. The van der Waals surface area contributed by atoms with Crippen LogP contribution in [0, 0.1) is 0 Å². The SMILES string of the molecule is O=C(O)c1c(C(F)(F)F)c(C2CC2)nn1CC1CCCCO1. The van der Waals surface area contributed by atoms with Crippen molar-refractivity contribution in [2.75, 3.05) is 6.61 Å². The highest BCUT2D eigenvalue weighted by Crippen LogP contribution is 2.46. The Kier molecular flexibility index (Phi) is 3.88. The summed E-state index contributed by atoms with van der Waals surface area (Å²) in [6, 6.07) is 0. The van der Waals surface area contributed by atoms with Crippen LogP contribution in [0.3, 0.4) is 0 Å². The molecule has 5 nitrogen and oxygen atoms in total. The molecule has 1 aromatic rings. The van der Waals surface area contributed by atoms with Gasteiger partial charge in [0.2, 0.25) is 0 Å². The highest BCUT2D eigenvalue weighted by atomic mass is 19.4. The number of carboxylic acids is 1. The van der Waals surface area contributed by atoms with Crippen molar-refractivity contribution in [3.8, 4) is 0 Å². The lowest BCUT2D eigenvalue weighted by molar-refractivity contribution is -0.138. The Hall–Kier alpha value is -1.57. The molecule has 22 heavy (non-hydrogen) atoms. The van der Waals surface area contributed by atoms with Crippen LogP contribution in [0.2, 0.25) is 0 Å². The maximum atomic E-state index is 13.3. The van der Waals surface area contributed by atoms with Gasteiger partial charge in [-0.15, -0.1) is 0 Å². The average Bonchev–Trinajstić information content (AvgIpc) is 3.20. The van der Waals surface area contributed by atoms with Crippen LogP contribution < -0.4 is 0 Å². The highest BCUT2D eigenvalue weighted by Gasteiger charge is 2.46. The van der Waals surface area contributed by atoms with Gasteiger partial charge in [-0.25, -0.2) is 4.79 Å². The topological polar surface area (TPSA) is 64.3 Å². The molecule has 1 N–H and O–H groups in total. The molecular formula is C14H17F3N2O3. The van der Waals surface area contributed by atoms with Crippen molar-refractivity contribution in [3.63, 3.8) is 0 Å². The van der Waals surface area contributed by atoms with E-state index in [2.05, 4.69) is 5.10 Å². The van der Waals surface area contributed by atoms with Crippen LogP contribution in [0.4, 0.5) is 13.2 Å². The van der Waals surface area contributed by atoms with Crippen molar-refractivity contribution in [2.45, 2.75) is 56.8 Å². The number of alkyl halides is 3. The van der Waals surface area contributed by atoms with E-state index >= 15 is 0 Å². The number of halogens is 3. The van der Waals surface area contributed by atoms with Crippen LogP contribution in [0.1, 0.15) is 59.8 Å². The Balaban J connectivity index is 1.99. The van der Waals surface area contributed by atoms with E-state index < -0.39 is 23.4 Å². The molecule has 2 heterocycles. The Morgan fingerprint density at radius 2 is 2.05 bits per heavy atom. The quantitative estimate of drug-likeness (QED) is 0.927. The van der Waals surface area contributed by atoms with E-state index in [1.165, 1.54) is 0 Å². The predicted octanol–water partition coefficient (Wildman–Crippen LogP) is 3.05. The molecule has 0 bridgehead atoms. The van der Waals surface area contributed by atoms with E-state index in [0.717, 1.165) is 17.5 Å². The van der Waals surface area contributed by atoms with Gasteiger partial charge in [-0.2, -0.15) is 18.3 Å². The molecule has 0 spiro atoms. The zero-order valence-electron chi connectivity index (χ0n) is 11.9. The van der Waals surface area contributed by atoms with Gasteiger partial charge in [0.15, 0.2) is 5.69 Å². The average molecular weight is 318 g/mol. The number of ether oxygens (including phenoxy) is 1. The Morgan fingerprint density at radius 3 is 2.55 bits per heavy atom. The minimum absolute atomic E-state index is 0.0530. The van der Waals surface area contributed by atoms with Gasteiger partial charge in [0.05, 0.1) is 18.3 Å². The number of carboxylic acid groups (broad SMARTS) is 1. The van der Waals surface area contributed by atoms with Gasteiger partial charge in [-0.3, -0.25) is 4.68 Å². The minimum Gasteiger partial charge on any atom is -0.477 e. The first-order chi connectivity index (χ1) is 10.4. The third-order valence-electron chi connectivity index (χ3n) is 4.08. The summed E-state index contributed by atoms with van der Waals surface area (Å²) >= 11 is 0. The van der Waals surface area contributed by atoms with Gasteiger partial charge in [0.1, 0.15) is 5.56 Å². The number of hydrogen-bond donors (Lipinski definition) is 1.